The van der Waals surface area contributed by atoms with Gasteiger partial charge in [0, 0.05) is 16.4 Å². The number of Topliss-reactive ketones (excluding diaryl/α,β-unsaturated/α-hetero) is 1. The molecule has 0 amide bonds. The van der Waals surface area contributed by atoms with Crippen LogP contribution in [0.2, 0.25) is 0 Å². The number of benzene rings is 1. The topological polar surface area (TPSA) is 55.4 Å². The Kier molecular flexibility index (Phi) is 5.58. The van der Waals surface area contributed by atoms with Gasteiger partial charge in [-0.3, -0.25) is 4.79 Å². The molecule has 0 heterocycles. The second-order valence-corrected chi connectivity index (χ2v) is 4.40. The molecule has 0 unspecified atom stereocenters. The average Bonchev–Trinajstić information content (AvgIpc) is 2.31. The van der Waals surface area contributed by atoms with Crippen LogP contribution in [-0.2, 0) is 14.3 Å². The molecule has 0 fully saturated rings. The zero-order valence-corrected chi connectivity index (χ0v) is 11.8. The Morgan fingerprint density at radius 2 is 1.94 bits per heavy atom. The van der Waals surface area contributed by atoms with E-state index in [1.165, 1.54) is 13.1 Å². The number of ether oxygens (including phenoxy) is 1. The summed E-state index contributed by atoms with van der Waals surface area (Å²) in [6.45, 7) is 3.26. The van der Waals surface area contributed by atoms with Crippen molar-refractivity contribution in [1.82, 2.24) is 0 Å². The molecule has 0 aromatic heterocycles. The summed E-state index contributed by atoms with van der Waals surface area (Å²) in [7, 11) is 0. The predicted octanol–water partition coefficient (Wildman–Crippen LogP) is 2.90. The van der Waals surface area contributed by atoms with Crippen LogP contribution in [0.1, 0.15) is 13.8 Å². The van der Waals surface area contributed by atoms with Gasteiger partial charge >= 0.3 is 5.97 Å². The van der Waals surface area contributed by atoms with Crippen molar-refractivity contribution in [2.45, 2.75) is 13.8 Å². The number of esters is 1. The monoisotopic (exact) mass is 311 g/mol. The Labute approximate surface area is 114 Å². The Bertz CT molecular complexity index is 466. The lowest BCUT2D eigenvalue weighted by atomic mass is 10.2. The summed E-state index contributed by atoms with van der Waals surface area (Å²) in [5.41, 5.74) is 0.779. The van der Waals surface area contributed by atoms with E-state index in [9.17, 15) is 9.59 Å². The minimum atomic E-state index is -0.616. The van der Waals surface area contributed by atoms with E-state index in [1.807, 2.05) is 24.3 Å². The van der Waals surface area contributed by atoms with Gasteiger partial charge in [-0.25, -0.2) is 4.79 Å². The molecule has 0 atom stereocenters. The molecule has 0 radical (unpaired) electrons. The summed E-state index contributed by atoms with van der Waals surface area (Å²) in [4.78, 5) is 22.8. The number of hydrogen-bond acceptors (Lipinski definition) is 4. The third-order valence-corrected chi connectivity index (χ3v) is 2.63. The summed E-state index contributed by atoms with van der Waals surface area (Å²) < 4.78 is 5.75. The van der Waals surface area contributed by atoms with Crippen LogP contribution in [0.15, 0.2) is 40.5 Å². The summed E-state index contributed by atoms with van der Waals surface area (Å²) in [5.74, 6) is -0.951. The maximum atomic E-state index is 11.5. The average molecular weight is 312 g/mol. The highest BCUT2D eigenvalue weighted by Gasteiger charge is 2.15. The molecule has 0 bridgehead atoms. The van der Waals surface area contributed by atoms with Gasteiger partial charge in [-0.05, 0) is 38.1 Å². The number of carbonyl (C=O) groups is 2. The lowest BCUT2D eigenvalue weighted by molar-refractivity contribution is -0.139. The van der Waals surface area contributed by atoms with Gasteiger partial charge in [0.05, 0.1) is 6.61 Å². The van der Waals surface area contributed by atoms with E-state index in [0.717, 1.165) is 10.2 Å². The van der Waals surface area contributed by atoms with Crippen molar-refractivity contribution in [2.24, 2.45) is 0 Å². The lowest BCUT2D eigenvalue weighted by Gasteiger charge is -2.05. The van der Waals surface area contributed by atoms with E-state index in [1.54, 1.807) is 6.92 Å². The predicted molar refractivity (Wildman–Crippen MR) is 73.2 cm³/mol. The Balaban J connectivity index is 2.80. The van der Waals surface area contributed by atoms with E-state index in [0.29, 0.717) is 0 Å². The van der Waals surface area contributed by atoms with Crippen LogP contribution >= 0.6 is 15.9 Å². The molecular formula is C13H14BrNO3. The molecular weight excluding hydrogens is 298 g/mol. The molecule has 96 valence electrons. The number of halogens is 1. The number of carbonyl (C=O) groups excluding carboxylic acids is 2. The molecule has 1 N–H and O–H groups in total. The van der Waals surface area contributed by atoms with Gasteiger partial charge in [0.2, 0.25) is 0 Å². The van der Waals surface area contributed by atoms with Crippen LogP contribution in [-0.4, -0.2) is 18.4 Å². The maximum Gasteiger partial charge on any atom is 0.343 e. The maximum absolute atomic E-state index is 11.5. The van der Waals surface area contributed by atoms with Crippen LogP contribution < -0.4 is 5.32 Å². The number of anilines is 1. The fourth-order valence-corrected chi connectivity index (χ4v) is 1.48. The van der Waals surface area contributed by atoms with Crippen molar-refractivity contribution < 1.29 is 14.3 Å². The third kappa shape index (κ3) is 4.33. The molecule has 0 saturated heterocycles. The fraction of sp³-hybridized carbons (Fsp3) is 0.231. The van der Waals surface area contributed by atoms with Crippen LogP contribution in [0.4, 0.5) is 5.69 Å². The highest BCUT2D eigenvalue weighted by Crippen LogP contribution is 2.14. The Hall–Kier alpha value is -1.62. The van der Waals surface area contributed by atoms with Crippen molar-refractivity contribution in [1.29, 1.82) is 0 Å². The molecule has 0 spiro atoms. The van der Waals surface area contributed by atoms with E-state index < -0.39 is 5.97 Å². The largest absolute Gasteiger partial charge is 0.462 e. The highest BCUT2D eigenvalue weighted by molar-refractivity contribution is 9.10. The standard InChI is InChI=1S/C13H14BrNO3/c1-3-18-13(17)12(9(2)16)8-15-11-6-4-10(14)5-7-11/h4-8,15H,3H2,1-2H3/b12-8-. The molecule has 0 saturated carbocycles. The van der Waals surface area contributed by atoms with Crippen LogP contribution in [0.25, 0.3) is 0 Å². The van der Waals surface area contributed by atoms with Gasteiger partial charge in [-0.2, -0.15) is 0 Å². The minimum absolute atomic E-state index is 0.000214. The lowest BCUT2D eigenvalue weighted by Crippen LogP contribution is -2.15. The van der Waals surface area contributed by atoms with E-state index >= 15 is 0 Å². The first-order valence-electron chi connectivity index (χ1n) is 5.45. The number of rotatable bonds is 5. The van der Waals surface area contributed by atoms with Crippen molar-refractivity contribution in [2.75, 3.05) is 11.9 Å². The molecule has 18 heavy (non-hydrogen) atoms. The van der Waals surface area contributed by atoms with Gasteiger partial charge in [0.15, 0.2) is 5.78 Å². The minimum Gasteiger partial charge on any atom is -0.462 e. The fourth-order valence-electron chi connectivity index (χ4n) is 1.21. The Morgan fingerprint density at radius 3 is 2.44 bits per heavy atom. The molecule has 0 aliphatic carbocycles. The van der Waals surface area contributed by atoms with Gasteiger partial charge in [-0.15, -0.1) is 0 Å². The molecule has 1 aromatic rings. The van der Waals surface area contributed by atoms with Crippen LogP contribution in [0.5, 0.6) is 0 Å². The van der Waals surface area contributed by atoms with Crippen molar-refractivity contribution in [3.05, 3.63) is 40.5 Å². The van der Waals surface area contributed by atoms with Crippen molar-refractivity contribution in [3.8, 4) is 0 Å². The van der Waals surface area contributed by atoms with Gasteiger partial charge in [0.25, 0.3) is 0 Å². The molecule has 1 aromatic carbocycles. The van der Waals surface area contributed by atoms with E-state index in [4.69, 9.17) is 4.74 Å². The summed E-state index contributed by atoms with van der Waals surface area (Å²) >= 11 is 3.32. The highest BCUT2D eigenvalue weighted by atomic mass is 79.9. The normalized spacial score (nSPS) is 10.9. The van der Waals surface area contributed by atoms with Gasteiger partial charge < -0.3 is 10.1 Å². The SMILES string of the molecule is CCOC(=O)/C(=C\Nc1ccc(Br)cc1)C(C)=O. The first kappa shape index (κ1) is 14.4. The molecule has 0 aliphatic rings. The first-order chi connectivity index (χ1) is 8.54. The molecule has 1 rings (SSSR count). The Morgan fingerprint density at radius 1 is 1.33 bits per heavy atom. The summed E-state index contributed by atoms with van der Waals surface area (Å²) in [5, 5.41) is 2.89. The molecule has 5 heteroatoms. The van der Waals surface area contributed by atoms with Gasteiger partial charge in [-0.1, -0.05) is 15.9 Å². The number of ketones is 1. The van der Waals surface area contributed by atoms with E-state index in [2.05, 4.69) is 21.2 Å². The third-order valence-electron chi connectivity index (χ3n) is 2.10. The summed E-state index contributed by atoms with van der Waals surface area (Å²) in [6, 6.07) is 7.36. The zero-order valence-electron chi connectivity index (χ0n) is 10.2. The van der Waals surface area contributed by atoms with Gasteiger partial charge in [0.1, 0.15) is 5.57 Å². The summed E-state index contributed by atoms with van der Waals surface area (Å²) in [6.07, 6.45) is 1.36. The zero-order chi connectivity index (χ0) is 13.5. The van der Waals surface area contributed by atoms with E-state index in [-0.39, 0.29) is 18.0 Å². The number of nitrogens with one attached hydrogen (secondary N) is 1. The first-order valence-corrected chi connectivity index (χ1v) is 6.24. The number of hydrogen-bond donors (Lipinski definition) is 1. The van der Waals surface area contributed by atoms with Crippen LogP contribution in [0.3, 0.4) is 0 Å². The molecule has 0 aliphatic heterocycles. The van der Waals surface area contributed by atoms with Crippen molar-refractivity contribution >= 4 is 33.4 Å². The second kappa shape index (κ2) is 6.96. The van der Waals surface area contributed by atoms with Crippen molar-refractivity contribution in [3.63, 3.8) is 0 Å². The smallest absolute Gasteiger partial charge is 0.343 e. The molecule has 4 nitrogen and oxygen atoms in total. The second-order valence-electron chi connectivity index (χ2n) is 3.49. The van der Waals surface area contributed by atoms with Crippen LogP contribution in [0, 0.1) is 0 Å². The quantitative estimate of drug-likeness (QED) is 0.393.